The average Bonchev–Trinajstić information content (AvgIpc) is 3.24. The Bertz CT molecular complexity index is 967. The SMILES string of the molecule is CN(c1cnc(-c2ccc(-n3ccnc3)cc2O)nn1)C1CCNC2(CC2)C1. The third-order valence-corrected chi connectivity index (χ3v) is 5.94. The number of hydrogen-bond acceptors (Lipinski definition) is 7. The van der Waals surface area contributed by atoms with Crippen molar-refractivity contribution >= 4 is 5.82 Å². The minimum Gasteiger partial charge on any atom is -0.507 e. The van der Waals surface area contributed by atoms with Crippen LogP contribution in [0.15, 0.2) is 43.1 Å². The Hall–Kier alpha value is -3.00. The highest BCUT2D eigenvalue weighted by Crippen LogP contribution is 2.43. The molecule has 2 aromatic heterocycles. The summed E-state index contributed by atoms with van der Waals surface area (Å²) in [4.78, 5) is 10.7. The molecular formula is C20H23N7O. The summed E-state index contributed by atoms with van der Waals surface area (Å²) in [7, 11) is 2.06. The van der Waals surface area contributed by atoms with Crippen molar-refractivity contribution in [1.82, 2.24) is 30.0 Å². The van der Waals surface area contributed by atoms with Crippen molar-refractivity contribution in [2.75, 3.05) is 18.5 Å². The van der Waals surface area contributed by atoms with Crippen molar-refractivity contribution in [1.29, 1.82) is 0 Å². The number of aromatic nitrogens is 5. The van der Waals surface area contributed by atoms with Crippen LogP contribution in [0.25, 0.3) is 17.1 Å². The zero-order valence-corrected chi connectivity index (χ0v) is 15.8. The van der Waals surface area contributed by atoms with Gasteiger partial charge in [-0.2, -0.15) is 0 Å². The van der Waals surface area contributed by atoms with E-state index in [9.17, 15) is 5.11 Å². The van der Waals surface area contributed by atoms with E-state index in [4.69, 9.17) is 0 Å². The van der Waals surface area contributed by atoms with Gasteiger partial charge in [-0.3, -0.25) is 0 Å². The predicted octanol–water partition coefficient (Wildman–Crippen LogP) is 2.15. The van der Waals surface area contributed by atoms with Gasteiger partial charge in [-0.25, -0.2) is 9.97 Å². The van der Waals surface area contributed by atoms with Crippen molar-refractivity contribution in [2.45, 2.75) is 37.3 Å². The molecule has 1 spiro atoms. The molecule has 8 nitrogen and oxygen atoms in total. The maximum atomic E-state index is 10.4. The topological polar surface area (TPSA) is 92.0 Å². The van der Waals surface area contributed by atoms with E-state index in [0.29, 0.717) is 23.0 Å². The average molecular weight is 377 g/mol. The zero-order valence-electron chi connectivity index (χ0n) is 15.8. The maximum Gasteiger partial charge on any atom is 0.185 e. The molecular weight excluding hydrogens is 354 g/mol. The molecule has 28 heavy (non-hydrogen) atoms. The molecule has 0 amide bonds. The highest BCUT2D eigenvalue weighted by Gasteiger charge is 2.46. The summed E-state index contributed by atoms with van der Waals surface area (Å²) in [6.45, 7) is 1.05. The van der Waals surface area contributed by atoms with E-state index in [1.807, 2.05) is 16.8 Å². The fourth-order valence-corrected chi connectivity index (χ4v) is 4.01. The van der Waals surface area contributed by atoms with Gasteiger partial charge in [-0.15, -0.1) is 10.2 Å². The van der Waals surface area contributed by atoms with E-state index in [1.165, 1.54) is 12.8 Å². The summed E-state index contributed by atoms with van der Waals surface area (Å²) in [6, 6.07) is 5.82. The second-order valence-electron chi connectivity index (χ2n) is 7.78. The Morgan fingerprint density at radius 1 is 1.29 bits per heavy atom. The van der Waals surface area contributed by atoms with E-state index in [0.717, 1.165) is 30.9 Å². The zero-order chi connectivity index (χ0) is 19.1. The van der Waals surface area contributed by atoms with Gasteiger partial charge in [0.25, 0.3) is 0 Å². The Morgan fingerprint density at radius 2 is 2.18 bits per heavy atom. The van der Waals surface area contributed by atoms with Gasteiger partial charge in [0, 0.05) is 37.1 Å². The Labute approximate surface area is 163 Å². The first-order valence-corrected chi connectivity index (χ1v) is 9.63. The molecule has 2 fully saturated rings. The predicted molar refractivity (Wildman–Crippen MR) is 105 cm³/mol. The minimum atomic E-state index is 0.114. The van der Waals surface area contributed by atoms with Crippen LogP contribution in [0.4, 0.5) is 5.82 Å². The monoisotopic (exact) mass is 377 g/mol. The Kier molecular flexibility index (Phi) is 4.01. The lowest BCUT2D eigenvalue weighted by atomic mass is 9.96. The number of nitrogens with zero attached hydrogens (tertiary/aromatic N) is 6. The molecule has 5 rings (SSSR count). The number of phenolic OH excluding ortho intramolecular Hbond substituents is 1. The lowest BCUT2D eigenvalue weighted by Crippen LogP contribution is -2.48. The van der Waals surface area contributed by atoms with Crippen LogP contribution in [0.3, 0.4) is 0 Å². The fraction of sp³-hybridized carbons (Fsp3) is 0.400. The first-order chi connectivity index (χ1) is 13.6. The second-order valence-corrected chi connectivity index (χ2v) is 7.78. The Balaban J connectivity index is 1.35. The molecule has 2 N–H and O–H groups in total. The standard InChI is InChI=1S/C20H23N7O/c1-26(15-4-7-23-20(11-15)5-6-20)18-12-22-19(25-24-18)16-3-2-14(10-17(16)28)27-9-8-21-13-27/h2-3,8-10,12-13,15,23,28H,4-7,11H2,1H3. The summed E-state index contributed by atoms with van der Waals surface area (Å²) in [5, 5.41) is 22.7. The lowest BCUT2D eigenvalue weighted by molar-refractivity contribution is 0.337. The number of benzene rings is 1. The van der Waals surface area contributed by atoms with Crippen LogP contribution >= 0.6 is 0 Å². The quantitative estimate of drug-likeness (QED) is 0.720. The van der Waals surface area contributed by atoms with Gasteiger partial charge in [0.1, 0.15) is 5.75 Å². The molecule has 1 saturated heterocycles. The normalized spacial score (nSPS) is 20.2. The number of aromatic hydroxyl groups is 1. The fourth-order valence-electron chi connectivity index (χ4n) is 4.01. The number of phenols is 1. The van der Waals surface area contributed by atoms with E-state index >= 15 is 0 Å². The van der Waals surface area contributed by atoms with Crippen LogP contribution in [-0.2, 0) is 0 Å². The summed E-state index contributed by atoms with van der Waals surface area (Å²) in [5.74, 6) is 1.29. The van der Waals surface area contributed by atoms with E-state index < -0.39 is 0 Å². The summed E-state index contributed by atoms with van der Waals surface area (Å²) < 4.78 is 1.83. The number of piperidine rings is 1. The van der Waals surface area contributed by atoms with E-state index in [2.05, 4.69) is 37.4 Å². The van der Waals surface area contributed by atoms with Crippen molar-refractivity contribution in [3.8, 4) is 22.8 Å². The number of hydrogen-bond donors (Lipinski definition) is 2. The number of imidazole rings is 1. The number of rotatable bonds is 4. The second kappa shape index (κ2) is 6.56. The molecule has 0 radical (unpaired) electrons. The highest BCUT2D eigenvalue weighted by atomic mass is 16.3. The molecule has 3 aromatic rings. The summed E-state index contributed by atoms with van der Waals surface area (Å²) >= 11 is 0. The van der Waals surface area contributed by atoms with Gasteiger partial charge in [-0.1, -0.05) is 0 Å². The molecule has 3 heterocycles. The third kappa shape index (κ3) is 3.09. The molecule has 2 aliphatic rings. The minimum absolute atomic E-state index is 0.114. The van der Waals surface area contributed by atoms with E-state index in [-0.39, 0.29) is 5.75 Å². The number of nitrogens with one attached hydrogen (secondary N) is 1. The first-order valence-electron chi connectivity index (χ1n) is 9.63. The molecule has 1 aliphatic carbocycles. The number of anilines is 1. The van der Waals surface area contributed by atoms with E-state index in [1.54, 1.807) is 30.9 Å². The molecule has 1 atom stereocenters. The van der Waals surface area contributed by atoms with Gasteiger partial charge >= 0.3 is 0 Å². The molecule has 1 unspecified atom stereocenters. The van der Waals surface area contributed by atoms with Gasteiger partial charge < -0.3 is 19.9 Å². The highest BCUT2D eigenvalue weighted by molar-refractivity contribution is 5.66. The maximum absolute atomic E-state index is 10.4. The molecule has 144 valence electrons. The first kappa shape index (κ1) is 17.1. The Morgan fingerprint density at radius 3 is 2.86 bits per heavy atom. The van der Waals surface area contributed by atoms with Crippen LogP contribution in [-0.4, -0.2) is 55.0 Å². The summed E-state index contributed by atoms with van der Waals surface area (Å²) in [6.07, 6.45) is 11.7. The molecule has 0 bridgehead atoms. The molecule has 1 aliphatic heterocycles. The third-order valence-electron chi connectivity index (χ3n) is 5.94. The van der Waals surface area contributed by atoms with Gasteiger partial charge in [0.2, 0.25) is 0 Å². The molecule has 8 heteroatoms. The van der Waals surface area contributed by atoms with Crippen molar-refractivity contribution < 1.29 is 5.11 Å². The van der Waals surface area contributed by atoms with Crippen LogP contribution in [0.5, 0.6) is 5.75 Å². The molecule has 1 aromatic carbocycles. The summed E-state index contributed by atoms with van der Waals surface area (Å²) in [5.41, 5.74) is 1.74. The lowest BCUT2D eigenvalue weighted by Gasteiger charge is -2.36. The van der Waals surface area contributed by atoms with Crippen LogP contribution < -0.4 is 10.2 Å². The van der Waals surface area contributed by atoms with Crippen molar-refractivity contribution in [3.63, 3.8) is 0 Å². The van der Waals surface area contributed by atoms with Gasteiger partial charge in [0.05, 0.1) is 23.8 Å². The van der Waals surface area contributed by atoms with Gasteiger partial charge in [-0.05, 0) is 44.4 Å². The van der Waals surface area contributed by atoms with Crippen LogP contribution in [0.2, 0.25) is 0 Å². The largest absolute Gasteiger partial charge is 0.507 e. The van der Waals surface area contributed by atoms with Crippen molar-refractivity contribution in [2.24, 2.45) is 0 Å². The van der Waals surface area contributed by atoms with Crippen molar-refractivity contribution in [3.05, 3.63) is 43.1 Å². The molecule has 1 saturated carbocycles. The smallest absolute Gasteiger partial charge is 0.185 e. The van der Waals surface area contributed by atoms with Crippen LogP contribution in [0.1, 0.15) is 25.7 Å². The van der Waals surface area contributed by atoms with Crippen LogP contribution in [0, 0.1) is 0 Å². The van der Waals surface area contributed by atoms with Gasteiger partial charge in [0.15, 0.2) is 11.6 Å².